The van der Waals surface area contributed by atoms with Crippen LogP contribution in [0.3, 0.4) is 0 Å². The fraction of sp³-hybridized carbons (Fsp3) is 0.385. The minimum Gasteiger partial charge on any atom is -0.308 e. The lowest BCUT2D eigenvalue weighted by Gasteiger charge is -2.21. The Bertz CT molecular complexity index is 1260. The SMILES string of the molecule is C=C(/C=C\C(=C/C)Cn1c(-c2cncc(F)c2)nc2c(C)[nH]c(=O)nc21)C(C)C(CC)CC. The van der Waals surface area contributed by atoms with Crippen molar-refractivity contribution in [1.29, 1.82) is 0 Å². The van der Waals surface area contributed by atoms with Crippen LogP contribution in [-0.2, 0) is 6.54 Å². The van der Waals surface area contributed by atoms with E-state index >= 15 is 0 Å². The predicted octanol–water partition coefficient (Wildman–Crippen LogP) is 5.76. The molecule has 3 heterocycles. The van der Waals surface area contributed by atoms with Gasteiger partial charge in [0.2, 0.25) is 0 Å². The summed E-state index contributed by atoms with van der Waals surface area (Å²) < 4.78 is 15.8. The molecule has 0 saturated heterocycles. The fourth-order valence-corrected chi connectivity index (χ4v) is 4.14. The van der Waals surface area contributed by atoms with Crippen molar-refractivity contribution in [3.8, 4) is 11.4 Å². The zero-order chi connectivity index (χ0) is 24.1. The molecule has 0 aliphatic rings. The van der Waals surface area contributed by atoms with Crippen LogP contribution in [0.5, 0.6) is 0 Å². The number of fused-ring (bicyclic) bond motifs is 1. The number of imidazole rings is 1. The van der Waals surface area contributed by atoms with Gasteiger partial charge >= 0.3 is 5.69 Å². The fourth-order valence-electron chi connectivity index (χ4n) is 4.14. The zero-order valence-corrected chi connectivity index (χ0v) is 20.0. The number of hydrogen-bond donors (Lipinski definition) is 1. The Labute approximate surface area is 194 Å². The van der Waals surface area contributed by atoms with Crippen LogP contribution in [0.25, 0.3) is 22.6 Å². The van der Waals surface area contributed by atoms with E-state index in [-0.39, 0.29) is 0 Å². The first-order valence-corrected chi connectivity index (χ1v) is 11.4. The van der Waals surface area contributed by atoms with Gasteiger partial charge in [-0.2, -0.15) is 4.98 Å². The molecule has 7 heteroatoms. The maximum Gasteiger partial charge on any atom is 0.347 e. The second-order valence-electron chi connectivity index (χ2n) is 8.39. The first-order valence-electron chi connectivity index (χ1n) is 11.4. The van der Waals surface area contributed by atoms with Gasteiger partial charge in [-0.15, -0.1) is 0 Å². The summed E-state index contributed by atoms with van der Waals surface area (Å²) in [6.07, 6.45) is 11.1. The van der Waals surface area contributed by atoms with Gasteiger partial charge in [0.1, 0.15) is 17.2 Å². The van der Waals surface area contributed by atoms with Crippen molar-refractivity contribution in [2.45, 2.75) is 54.0 Å². The van der Waals surface area contributed by atoms with Crippen molar-refractivity contribution in [1.82, 2.24) is 24.5 Å². The maximum absolute atomic E-state index is 13.9. The van der Waals surface area contributed by atoms with E-state index < -0.39 is 11.5 Å². The van der Waals surface area contributed by atoms with Crippen LogP contribution in [0.1, 0.15) is 46.2 Å². The molecule has 1 atom stereocenters. The van der Waals surface area contributed by atoms with Gasteiger partial charge in [0.25, 0.3) is 0 Å². The molecule has 0 radical (unpaired) electrons. The van der Waals surface area contributed by atoms with Gasteiger partial charge < -0.3 is 9.55 Å². The van der Waals surface area contributed by atoms with E-state index in [1.807, 2.05) is 23.6 Å². The summed E-state index contributed by atoms with van der Waals surface area (Å²) in [5, 5.41) is 0. The molecule has 3 rings (SSSR count). The minimum atomic E-state index is -0.454. The third-order valence-electron chi connectivity index (χ3n) is 6.32. The average Bonchev–Trinajstić information content (AvgIpc) is 3.15. The highest BCUT2D eigenvalue weighted by molar-refractivity contribution is 5.78. The maximum atomic E-state index is 13.9. The van der Waals surface area contributed by atoms with E-state index in [1.165, 1.54) is 6.07 Å². The normalized spacial score (nSPS) is 13.4. The van der Waals surface area contributed by atoms with Gasteiger partial charge in [0, 0.05) is 17.5 Å². The Balaban J connectivity index is 2.02. The van der Waals surface area contributed by atoms with E-state index in [9.17, 15) is 9.18 Å². The van der Waals surface area contributed by atoms with Crippen LogP contribution in [-0.4, -0.2) is 24.5 Å². The van der Waals surface area contributed by atoms with Crippen molar-refractivity contribution in [3.63, 3.8) is 0 Å². The molecule has 0 bridgehead atoms. The molecule has 6 nitrogen and oxygen atoms in total. The molecule has 0 amide bonds. The Kier molecular flexibility index (Phi) is 7.74. The number of aromatic amines is 1. The van der Waals surface area contributed by atoms with Crippen LogP contribution in [0, 0.1) is 24.6 Å². The van der Waals surface area contributed by atoms with Crippen LogP contribution in [0.4, 0.5) is 4.39 Å². The smallest absolute Gasteiger partial charge is 0.308 e. The van der Waals surface area contributed by atoms with Gasteiger partial charge in [-0.1, -0.05) is 64.0 Å². The first kappa shape index (κ1) is 24.3. The van der Waals surface area contributed by atoms with Gasteiger partial charge in [-0.05, 0) is 37.3 Å². The van der Waals surface area contributed by atoms with Crippen LogP contribution < -0.4 is 5.69 Å². The number of pyridine rings is 1. The van der Waals surface area contributed by atoms with Gasteiger partial charge in [-0.3, -0.25) is 4.98 Å². The van der Waals surface area contributed by atoms with E-state index in [4.69, 9.17) is 0 Å². The number of hydrogen-bond acceptors (Lipinski definition) is 4. The molecule has 0 aromatic carbocycles. The number of halogens is 1. The summed E-state index contributed by atoms with van der Waals surface area (Å²) in [7, 11) is 0. The molecule has 0 spiro atoms. The highest BCUT2D eigenvalue weighted by Gasteiger charge is 2.18. The second kappa shape index (κ2) is 10.5. The summed E-state index contributed by atoms with van der Waals surface area (Å²) in [6, 6.07) is 1.38. The number of H-pyrrole nitrogens is 1. The summed E-state index contributed by atoms with van der Waals surface area (Å²) in [5.74, 6) is 1.04. The highest BCUT2D eigenvalue weighted by Crippen LogP contribution is 2.28. The van der Waals surface area contributed by atoms with E-state index in [0.717, 1.165) is 30.2 Å². The number of allylic oxidation sites excluding steroid dienone is 5. The number of aromatic nitrogens is 5. The monoisotopic (exact) mass is 449 g/mol. The molecular formula is C26H32FN5O. The van der Waals surface area contributed by atoms with Crippen molar-refractivity contribution >= 4 is 11.2 Å². The zero-order valence-electron chi connectivity index (χ0n) is 20.0. The van der Waals surface area contributed by atoms with Gasteiger partial charge in [0.15, 0.2) is 5.65 Å². The van der Waals surface area contributed by atoms with E-state index in [2.05, 4.69) is 53.4 Å². The molecule has 0 aliphatic heterocycles. The third kappa shape index (κ3) is 5.35. The Hall–Kier alpha value is -3.35. The lowest BCUT2D eigenvalue weighted by molar-refractivity contribution is 0.385. The lowest BCUT2D eigenvalue weighted by Crippen LogP contribution is -2.14. The molecule has 33 heavy (non-hydrogen) atoms. The molecule has 3 aromatic rings. The first-order chi connectivity index (χ1) is 15.8. The Morgan fingerprint density at radius 2 is 1.97 bits per heavy atom. The van der Waals surface area contributed by atoms with Crippen molar-refractivity contribution < 1.29 is 4.39 Å². The van der Waals surface area contributed by atoms with Gasteiger partial charge in [0.05, 0.1) is 12.7 Å². The predicted molar refractivity (Wildman–Crippen MR) is 131 cm³/mol. The minimum absolute atomic E-state index is 0.389. The molecule has 0 aliphatic carbocycles. The molecule has 3 aromatic heterocycles. The van der Waals surface area contributed by atoms with E-state index in [0.29, 0.717) is 46.6 Å². The molecule has 1 unspecified atom stereocenters. The number of nitrogens with one attached hydrogen (secondary N) is 1. The topological polar surface area (TPSA) is 76.5 Å². The molecular weight excluding hydrogens is 417 g/mol. The third-order valence-corrected chi connectivity index (χ3v) is 6.32. The van der Waals surface area contributed by atoms with Crippen LogP contribution >= 0.6 is 0 Å². The quantitative estimate of drug-likeness (QED) is 0.421. The highest BCUT2D eigenvalue weighted by atomic mass is 19.1. The summed E-state index contributed by atoms with van der Waals surface area (Å²) in [5.41, 5.74) is 3.78. The summed E-state index contributed by atoms with van der Waals surface area (Å²) in [6.45, 7) is 15.1. The Morgan fingerprint density at radius 3 is 2.61 bits per heavy atom. The van der Waals surface area contributed by atoms with Crippen molar-refractivity contribution in [2.24, 2.45) is 11.8 Å². The molecule has 1 N–H and O–H groups in total. The van der Waals surface area contributed by atoms with E-state index in [1.54, 1.807) is 13.1 Å². The van der Waals surface area contributed by atoms with Crippen LogP contribution in [0.15, 0.2) is 59.2 Å². The molecule has 0 saturated carbocycles. The van der Waals surface area contributed by atoms with Crippen molar-refractivity contribution in [3.05, 3.63) is 76.4 Å². The second-order valence-corrected chi connectivity index (χ2v) is 8.39. The number of nitrogens with zero attached hydrogens (tertiary/aromatic N) is 4. The average molecular weight is 450 g/mol. The number of rotatable bonds is 9. The standard InChI is InChI=1S/C26H32FN5O/c1-7-19(11-10-16(4)17(5)20(8-2)9-3)15-32-24(21-12-22(27)14-28-13-21)30-23-18(6)29-26(33)31-25(23)32/h7,10-14,17,20H,4,8-9,15H2,1-3,5-6H3,(H,29,31,33)/b11-10-,19-7+. The number of aryl methyl sites for hydroxylation is 1. The van der Waals surface area contributed by atoms with Crippen molar-refractivity contribution in [2.75, 3.05) is 0 Å². The largest absolute Gasteiger partial charge is 0.347 e. The van der Waals surface area contributed by atoms with Gasteiger partial charge in [-0.25, -0.2) is 14.2 Å². The van der Waals surface area contributed by atoms with Crippen LogP contribution in [0.2, 0.25) is 0 Å². The molecule has 0 fully saturated rings. The lowest BCUT2D eigenvalue weighted by atomic mass is 9.84. The summed E-state index contributed by atoms with van der Waals surface area (Å²) >= 11 is 0. The Morgan fingerprint density at radius 1 is 1.24 bits per heavy atom. The summed E-state index contributed by atoms with van der Waals surface area (Å²) in [4.78, 5) is 27.6. The molecule has 174 valence electrons.